The Morgan fingerprint density at radius 1 is 0.750 bits per heavy atom. The van der Waals surface area contributed by atoms with Crippen LogP contribution in [-0.2, 0) is 14.4 Å². The highest BCUT2D eigenvalue weighted by atomic mass is 32.2. The molecule has 0 spiro atoms. The molecule has 16 heteroatoms. The molecule has 0 bridgehead atoms. The maximum absolute atomic E-state index is 13.5. The summed E-state index contributed by atoms with van der Waals surface area (Å²) < 4.78 is 141. The summed E-state index contributed by atoms with van der Waals surface area (Å²) in [7, 11) is -7.41. The maximum Gasteiger partial charge on any atom is 0.460 e. The second-order valence-corrected chi connectivity index (χ2v) is 6.71. The van der Waals surface area contributed by atoms with Gasteiger partial charge in [-0.05, 0) is 12.1 Å². The fraction of sp³-hybridized carbons (Fsp3) is 0.333. The number of alkyl halides is 9. The highest BCUT2D eigenvalue weighted by Gasteiger charge is 2.86. The largest absolute Gasteiger partial charge is 0.460 e. The van der Waals surface area contributed by atoms with Crippen molar-refractivity contribution in [1.82, 2.24) is 5.06 Å². The lowest BCUT2D eigenvalue weighted by atomic mass is 10.1. The van der Waals surface area contributed by atoms with Crippen molar-refractivity contribution in [2.45, 2.75) is 23.3 Å². The van der Waals surface area contributed by atoms with Gasteiger partial charge in [0.05, 0.1) is 11.1 Å². The SMILES string of the molecule is O=C1c2ccccc2C(=O)N1OS(=O)(=O)C(F)(F)C(F)(F)C(F)(F)C(F)(F)F. The number of amides is 2. The first-order valence-electron chi connectivity index (χ1n) is 6.52. The van der Waals surface area contributed by atoms with Crippen LogP contribution in [0.15, 0.2) is 24.3 Å². The molecular formula is C12H4F9NO5S. The third-order valence-electron chi connectivity index (χ3n) is 3.36. The Balaban J connectivity index is 2.45. The molecule has 1 heterocycles. The number of fused-ring (bicyclic) bond motifs is 1. The van der Waals surface area contributed by atoms with E-state index < -0.39 is 61.4 Å². The second-order valence-electron chi connectivity index (χ2n) is 5.14. The zero-order valence-electron chi connectivity index (χ0n) is 12.6. The van der Waals surface area contributed by atoms with Crippen LogP contribution in [-0.4, -0.2) is 48.6 Å². The van der Waals surface area contributed by atoms with Crippen LogP contribution in [0.4, 0.5) is 39.5 Å². The molecule has 0 unspecified atom stereocenters. The fourth-order valence-electron chi connectivity index (χ4n) is 1.90. The topological polar surface area (TPSA) is 80.8 Å². The molecule has 2 rings (SSSR count). The van der Waals surface area contributed by atoms with Crippen molar-refractivity contribution in [1.29, 1.82) is 0 Å². The summed E-state index contributed by atoms with van der Waals surface area (Å²) in [5.41, 5.74) is -1.25. The van der Waals surface area contributed by atoms with E-state index in [1.165, 1.54) is 0 Å². The van der Waals surface area contributed by atoms with E-state index in [4.69, 9.17) is 0 Å². The number of hydroxylamine groups is 2. The summed E-state index contributed by atoms with van der Waals surface area (Å²) in [6.45, 7) is 0. The van der Waals surface area contributed by atoms with Gasteiger partial charge in [-0.1, -0.05) is 12.1 Å². The molecule has 6 nitrogen and oxygen atoms in total. The lowest BCUT2D eigenvalue weighted by molar-refractivity contribution is -0.383. The van der Waals surface area contributed by atoms with E-state index in [1.54, 1.807) is 0 Å². The molecule has 0 N–H and O–H groups in total. The summed E-state index contributed by atoms with van der Waals surface area (Å²) in [6, 6.07) is 3.98. The van der Waals surface area contributed by atoms with Gasteiger partial charge >= 0.3 is 33.4 Å². The van der Waals surface area contributed by atoms with E-state index in [1.807, 2.05) is 0 Å². The molecule has 1 aromatic rings. The lowest BCUT2D eigenvalue weighted by Gasteiger charge is -2.32. The van der Waals surface area contributed by atoms with E-state index >= 15 is 0 Å². The second kappa shape index (κ2) is 6.07. The van der Waals surface area contributed by atoms with Crippen molar-refractivity contribution >= 4 is 21.9 Å². The first kappa shape index (κ1) is 21.9. The smallest absolute Gasteiger partial charge is 0.266 e. The van der Waals surface area contributed by atoms with Gasteiger partial charge in [0.25, 0.3) is 11.8 Å². The monoisotopic (exact) mass is 445 g/mol. The Hall–Kier alpha value is -2.36. The van der Waals surface area contributed by atoms with Crippen LogP contribution < -0.4 is 0 Å². The number of nitrogens with zero attached hydrogens (tertiary/aromatic N) is 1. The van der Waals surface area contributed by atoms with Gasteiger partial charge in [0.2, 0.25) is 0 Å². The molecule has 0 fully saturated rings. The summed E-state index contributed by atoms with van der Waals surface area (Å²) >= 11 is 0. The first-order chi connectivity index (χ1) is 12.4. The molecule has 0 saturated carbocycles. The molecule has 0 aromatic heterocycles. The summed E-state index contributed by atoms with van der Waals surface area (Å²) in [4.78, 5) is 23.5. The summed E-state index contributed by atoms with van der Waals surface area (Å²) in [5.74, 6) is -18.6. The summed E-state index contributed by atoms with van der Waals surface area (Å²) in [6.07, 6.45) is -7.27. The Morgan fingerprint density at radius 2 is 1.14 bits per heavy atom. The minimum absolute atomic E-state index is 0.626. The Labute approximate surface area is 148 Å². The number of carbonyl (C=O) groups is 2. The van der Waals surface area contributed by atoms with Gasteiger partial charge in [0, 0.05) is 0 Å². The Morgan fingerprint density at radius 3 is 1.50 bits per heavy atom. The summed E-state index contributed by atoms with van der Waals surface area (Å²) in [5, 5.41) is -8.18. The van der Waals surface area contributed by atoms with Crippen LogP contribution in [0.3, 0.4) is 0 Å². The van der Waals surface area contributed by atoms with Crippen LogP contribution >= 0.6 is 0 Å². The third kappa shape index (κ3) is 2.81. The molecule has 2 amide bonds. The van der Waals surface area contributed by atoms with Crippen molar-refractivity contribution in [3.63, 3.8) is 0 Å². The highest BCUT2D eigenvalue weighted by molar-refractivity contribution is 7.87. The number of benzene rings is 1. The van der Waals surface area contributed by atoms with Crippen LogP contribution in [0.25, 0.3) is 0 Å². The fourth-order valence-corrected chi connectivity index (χ4v) is 2.76. The third-order valence-corrected chi connectivity index (χ3v) is 4.59. The molecule has 0 aliphatic carbocycles. The zero-order valence-corrected chi connectivity index (χ0v) is 13.4. The van der Waals surface area contributed by atoms with Gasteiger partial charge < -0.3 is 0 Å². The molecule has 1 aliphatic heterocycles. The quantitative estimate of drug-likeness (QED) is 0.515. The number of hydrogen-bond acceptors (Lipinski definition) is 5. The predicted octanol–water partition coefficient (Wildman–Crippen LogP) is 2.97. The van der Waals surface area contributed by atoms with Crippen molar-refractivity contribution in [2.75, 3.05) is 0 Å². The van der Waals surface area contributed by atoms with Gasteiger partial charge in [-0.2, -0.15) is 47.9 Å². The van der Waals surface area contributed by atoms with Crippen molar-refractivity contribution in [3.05, 3.63) is 35.4 Å². The maximum atomic E-state index is 13.5. The van der Waals surface area contributed by atoms with Gasteiger partial charge in [-0.25, -0.2) is 0 Å². The van der Waals surface area contributed by atoms with Crippen molar-refractivity contribution in [3.8, 4) is 0 Å². The molecular weight excluding hydrogens is 441 g/mol. The number of rotatable bonds is 5. The van der Waals surface area contributed by atoms with Crippen LogP contribution in [0.2, 0.25) is 0 Å². The van der Waals surface area contributed by atoms with Crippen LogP contribution in [0, 0.1) is 0 Å². The van der Waals surface area contributed by atoms with Crippen LogP contribution in [0.5, 0.6) is 0 Å². The Kier molecular flexibility index (Phi) is 4.75. The van der Waals surface area contributed by atoms with Crippen molar-refractivity contribution < 1.29 is 61.8 Å². The zero-order chi connectivity index (χ0) is 21.9. The molecule has 0 atom stereocenters. The van der Waals surface area contributed by atoms with E-state index in [2.05, 4.69) is 4.28 Å². The molecule has 1 aromatic carbocycles. The highest BCUT2D eigenvalue weighted by Crippen LogP contribution is 2.55. The average Bonchev–Trinajstić information content (AvgIpc) is 2.78. The molecule has 0 saturated heterocycles. The number of halogens is 9. The number of carbonyl (C=O) groups excluding carboxylic acids is 2. The van der Waals surface area contributed by atoms with E-state index in [-0.39, 0.29) is 0 Å². The Bertz CT molecular complexity index is 906. The van der Waals surface area contributed by atoms with E-state index in [0.717, 1.165) is 24.3 Å². The van der Waals surface area contributed by atoms with E-state index in [9.17, 15) is 57.5 Å². The van der Waals surface area contributed by atoms with Gasteiger partial charge in [-0.15, -0.1) is 9.35 Å². The van der Waals surface area contributed by atoms with Gasteiger partial charge in [0.1, 0.15) is 0 Å². The minimum atomic E-state index is -7.56. The number of imide groups is 1. The van der Waals surface area contributed by atoms with Gasteiger partial charge in [-0.3, -0.25) is 9.59 Å². The van der Waals surface area contributed by atoms with E-state index in [0.29, 0.717) is 0 Å². The average molecular weight is 445 g/mol. The normalized spacial score (nSPS) is 16.5. The molecule has 28 heavy (non-hydrogen) atoms. The van der Waals surface area contributed by atoms with Crippen molar-refractivity contribution in [2.24, 2.45) is 0 Å². The molecule has 156 valence electrons. The number of hydrogen-bond donors (Lipinski definition) is 0. The van der Waals surface area contributed by atoms with Crippen LogP contribution in [0.1, 0.15) is 20.7 Å². The predicted molar refractivity (Wildman–Crippen MR) is 67.8 cm³/mol. The molecule has 1 aliphatic rings. The lowest BCUT2D eigenvalue weighted by Crippen LogP contribution is -2.64. The van der Waals surface area contributed by atoms with Gasteiger partial charge in [0.15, 0.2) is 0 Å². The minimum Gasteiger partial charge on any atom is -0.266 e. The molecule has 0 radical (unpaired) electrons. The first-order valence-corrected chi connectivity index (χ1v) is 7.93. The standard InChI is InChI=1S/C12H4F9NO5S/c13-9(14,11(17,18)19)10(15,16)12(20,21)28(25,26)27-22-7(23)5-3-1-2-4-6(5)8(22)24/h1-4H.